The zero-order valence-corrected chi connectivity index (χ0v) is 10.2. The normalized spacial score (nSPS) is 10.5. The second-order valence-corrected chi connectivity index (χ2v) is 4.84. The molecule has 1 heteroatoms. The summed E-state index contributed by atoms with van der Waals surface area (Å²) in [4.78, 5) is 0. The van der Waals surface area contributed by atoms with Crippen molar-refractivity contribution in [3.05, 3.63) is 34.9 Å². The van der Waals surface area contributed by atoms with E-state index in [0.29, 0.717) is 0 Å². The average Bonchev–Trinajstić information content (AvgIpc) is 1.77. The van der Waals surface area contributed by atoms with Gasteiger partial charge >= 0.3 is 0 Å². The lowest BCUT2D eigenvalue weighted by Crippen LogP contribution is -2.10. The quantitative estimate of drug-likeness (QED) is 0.671. The van der Waals surface area contributed by atoms with Crippen molar-refractivity contribution < 1.29 is 5.11 Å². The lowest BCUT2D eigenvalue weighted by molar-refractivity contribution is 0.102. The molecule has 1 rings (SSSR count). The van der Waals surface area contributed by atoms with E-state index >= 15 is 0 Å². The van der Waals surface area contributed by atoms with E-state index in [1.54, 1.807) is 20.8 Å². The summed E-state index contributed by atoms with van der Waals surface area (Å²) < 4.78 is 0. The van der Waals surface area contributed by atoms with Crippen molar-refractivity contribution in [1.29, 1.82) is 0 Å². The van der Waals surface area contributed by atoms with Crippen molar-refractivity contribution in [3.63, 3.8) is 0 Å². The molecule has 0 unspecified atom stereocenters. The first kappa shape index (κ1) is 13.2. The van der Waals surface area contributed by atoms with Gasteiger partial charge in [0.05, 0.1) is 5.60 Å². The van der Waals surface area contributed by atoms with Gasteiger partial charge in [-0.15, -0.1) is 0 Å². The van der Waals surface area contributed by atoms with Gasteiger partial charge in [-0.05, 0) is 41.5 Å². The molecule has 80 valence electrons. The van der Waals surface area contributed by atoms with E-state index in [2.05, 4.69) is 39.0 Å². The van der Waals surface area contributed by atoms with E-state index in [-0.39, 0.29) is 0 Å². The molecule has 1 N–H and O–H groups in total. The van der Waals surface area contributed by atoms with E-state index in [9.17, 15) is 0 Å². The molecule has 0 fully saturated rings. The van der Waals surface area contributed by atoms with Crippen LogP contribution in [0.25, 0.3) is 0 Å². The molecule has 0 aliphatic carbocycles. The van der Waals surface area contributed by atoms with Gasteiger partial charge in [0, 0.05) is 0 Å². The lowest BCUT2D eigenvalue weighted by Gasteiger charge is -2.04. The summed E-state index contributed by atoms with van der Waals surface area (Å²) in [5.74, 6) is 0. The van der Waals surface area contributed by atoms with Crippen molar-refractivity contribution in [2.75, 3.05) is 0 Å². The smallest absolute Gasteiger partial charge is 0.0563 e. The zero-order chi connectivity index (χ0) is 11.4. The predicted molar refractivity (Wildman–Crippen MR) is 62.6 cm³/mol. The maximum absolute atomic E-state index is 8.52. The summed E-state index contributed by atoms with van der Waals surface area (Å²) in [6, 6.07) is 6.56. The van der Waals surface area contributed by atoms with Crippen molar-refractivity contribution in [2.24, 2.45) is 0 Å². The molecule has 1 nitrogen and oxygen atoms in total. The van der Waals surface area contributed by atoms with Gasteiger partial charge in [0.1, 0.15) is 0 Å². The van der Waals surface area contributed by atoms with Gasteiger partial charge in [-0.3, -0.25) is 0 Å². The molecule has 0 aliphatic rings. The minimum atomic E-state index is -0.500. The van der Waals surface area contributed by atoms with Crippen LogP contribution in [0.1, 0.15) is 37.5 Å². The highest BCUT2D eigenvalue weighted by Crippen LogP contribution is 2.06. The Hall–Kier alpha value is -0.820. The van der Waals surface area contributed by atoms with Gasteiger partial charge in [-0.25, -0.2) is 0 Å². The fraction of sp³-hybridized carbons (Fsp3) is 0.538. The fourth-order valence-corrected chi connectivity index (χ4v) is 1.20. The highest BCUT2D eigenvalue weighted by atomic mass is 16.3. The van der Waals surface area contributed by atoms with Crippen LogP contribution in [0.2, 0.25) is 0 Å². The summed E-state index contributed by atoms with van der Waals surface area (Å²) in [6.07, 6.45) is 0. The third kappa shape index (κ3) is 9.27. The molecule has 0 heterocycles. The largest absolute Gasteiger partial charge is 0.391 e. The molecule has 0 amide bonds. The maximum Gasteiger partial charge on any atom is 0.0563 e. The molecule has 0 atom stereocenters. The first-order valence-corrected chi connectivity index (χ1v) is 4.96. The number of rotatable bonds is 0. The Labute approximate surface area is 87.8 Å². The molecular weight excluding hydrogens is 172 g/mol. The second-order valence-electron chi connectivity index (χ2n) is 4.84. The summed E-state index contributed by atoms with van der Waals surface area (Å²) in [5, 5.41) is 8.52. The molecule has 0 saturated carbocycles. The topological polar surface area (TPSA) is 20.2 Å². The van der Waals surface area contributed by atoms with Crippen molar-refractivity contribution in [1.82, 2.24) is 0 Å². The average molecular weight is 194 g/mol. The molecule has 0 saturated heterocycles. The van der Waals surface area contributed by atoms with E-state index in [1.165, 1.54) is 16.7 Å². The Bertz CT molecular complexity index is 225. The highest BCUT2D eigenvalue weighted by Gasteiger charge is 1.97. The zero-order valence-electron chi connectivity index (χ0n) is 10.2. The minimum absolute atomic E-state index is 0.500. The molecule has 0 aromatic heterocycles. The Morgan fingerprint density at radius 1 is 0.786 bits per heavy atom. The first-order valence-electron chi connectivity index (χ1n) is 4.96. The van der Waals surface area contributed by atoms with Crippen LogP contribution < -0.4 is 0 Å². The molecule has 14 heavy (non-hydrogen) atoms. The molecule has 1 aromatic rings. The molecular formula is C13H22O. The van der Waals surface area contributed by atoms with Gasteiger partial charge in [-0.1, -0.05) is 34.9 Å². The van der Waals surface area contributed by atoms with Gasteiger partial charge in [0.25, 0.3) is 0 Å². The lowest BCUT2D eigenvalue weighted by atomic mass is 10.1. The molecule has 1 aromatic carbocycles. The van der Waals surface area contributed by atoms with Gasteiger partial charge < -0.3 is 5.11 Å². The van der Waals surface area contributed by atoms with E-state index < -0.39 is 5.60 Å². The van der Waals surface area contributed by atoms with Crippen LogP contribution >= 0.6 is 0 Å². The standard InChI is InChI=1S/C9H12.C4H10O/c1-7-4-8(2)6-9(3)5-7;1-4(2,3)5/h4-6H,1-3H3;5H,1-3H3. The molecule has 0 spiro atoms. The van der Waals surface area contributed by atoms with Gasteiger partial charge in [-0.2, -0.15) is 0 Å². The number of hydrogen-bond acceptors (Lipinski definition) is 1. The van der Waals surface area contributed by atoms with Crippen LogP contribution in [0.5, 0.6) is 0 Å². The first-order chi connectivity index (χ1) is 6.18. The van der Waals surface area contributed by atoms with Crippen LogP contribution in [0.3, 0.4) is 0 Å². The third-order valence-corrected chi connectivity index (χ3v) is 1.37. The predicted octanol–water partition coefficient (Wildman–Crippen LogP) is 3.39. The van der Waals surface area contributed by atoms with Crippen LogP contribution in [0.4, 0.5) is 0 Å². The third-order valence-electron chi connectivity index (χ3n) is 1.37. The highest BCUT2D eigenvalue weighted by molar-refractivity contribution is 5.27. The minimum Gasteiger partial charge on any atom is -0.391 e. The summed E-state index contributed by atoms with van der Waals surface area (Å²) >= 11 is 0. The Balaban J connectivity index is 0.000000292. The Morgan fingerprint density at radius 2 is 0.929 bits per heavy atom. The molecule has 0 aliphatic heterocycles. The van der Waals surface area contributed by atoms with Crippen LogP contribution in [0.15, 0.2) is 18.2 Å². The fourth-order valence-electron chi connectivity index (χ4n) is 1.20. The second kappa shape index (κ2) is 5.16. The maximum atomic E-state index is 8.52. The van der Waals surface area contributed by atoms with Crippen molar-refractivity contribution in [3.8, 4) is 0 Å². The van der Waals surface area contributed by atoms with E-state index in [1.807, 2.05) is 0 Å². The SMILES string of the molecule is CC(C)(C)O.Cc1cc(C)cc(C)c1. The molecule has 0 bridgehead atoms. The van der Waals surface area contributed by atoms with Crippen LogP contribution in [-0.4, -0.2) is 10.7 Å². The van der Waals surface area contributed by atoms with Crippen LogP contribution in [-0.2, 0) is 0 Å². The number of aliphatic hydroxyl groups is 1. The monoisotopic (exact) mass is 194 g/mol. The van der Waals surface area contributed by atoms with E-state index in [0.717, 1.165) is 0 Å². The summed E-state index contributed by atoms with van der Waals surface area (Å²) in [5.41, 5.74) is 3.56. The number of benzene rings is 1. The number of aryl methyl sites for hydroxylation is 3. The van der Waals surface area contributed by atoms with Gasteiger partial charge in [0.15, 0.2) is 0 Å². The summed E-state index contributed by atoms with van der Waals surface area (Å²) in [6.45, 7) is 11.6. The molecule has 0 radical (unpaired) electrons. The number of hydrogen-bond donors (Lipinski definition) is 1. The Morgan fingerprint density at radius 3 is 1.07 bits per heavy atom. The Kier molecular flexibility index (Phi) is 4.86. The van der Waals surface area contributed by atoms with Crippen molar-refractivity contribution in [2.45, 2.75) is 47.1 Å². The van der Waals surface area contributed by atoms with Crippen LogP contribution in [0, 0.1) is 20.8 Å². The van der Waals surface area contributed by atoms with Crippen molar-refractivity contribution >= 4 is 0 Å². The summed E-state index contributed by atoms with van der Waals surface area (Å²) in [7, 11) is 0. The van der Waals surface area contributed by atoms with Gasteiger partial charge in [0.2, 0.25) is 0 Å². The van der Waals surface area contributed by atoms with E-state index in [4.69, 9.17) is 5.11 Å².